The second kappa shape index (κ2) is 13.3. The molecule has 10 heteroatoms. The first kappa shape index (κ1) is 34.4. The molecule has 0 amide bonds. The van der Waals surface area contributed by atoms with Crippen molar-refractivity contribution in [2.24, 2.45) is 11.8 Å². The van der Waals surface area contributed by atoms with Crippen LogP contribution in [-0.4, -0.2) is 76.3 Å². The third-order valence-electron chi connectivity index (χ3n) is 14.0. The molecule has 8 atom stereocenters. The number of phenolic OH excluding ortho intramolecular Hbond substituents is 1. The average molecular weight is 739 g/mol. The molecule has 2 aromatic carbocycles. The summed E-state index contributed by atoms with van der Waals surface area (Å²) in [7, 11) is 2.17. The van der Waals surface area contributed by atoms with Crippen molar-refractivity contribution in [3.05, 3.63) is 125 Å². The molecule has 282 valence electrons. The Hall–Kier alpha value is -5.06. The van der Waals surface area contributed by atoms with Gasteiger partial charge >= 0.3 is 11.9 Å². The lowest BCUT2D eigenvalue weighted by Crippen LogP contribution is -2.65. The van der Waals surface area contributed by atoms with E-state index in [4.69, 9.17) is 14.2 Å². The van der Waals surface area contributed by atoms with E-state index in [1.807, 2.05) is 18.2 Å². The number of hydrogen-bond acceptors (Lipinski definition) is 10. The van der Waals surface area contributed by atoms with E-state index in [9.17, 15) is 14.7 Å². The molecule has 0 unspecified atom stereocenters. The summed E-state index contributed by atoms with van der Waals surface area (Å²) in [6.45, 7) is 2.05. The number of hydrogen-bond donors (Lipinski definition) is 2. The van der Waals surface area contributed by atoms with Crippen molar-refractivity contribution in [2.45, 2.75) is 86.5 Å². The normalized spacial score (nSPS) is 31.7. The molecular weight excluding hydrogens is 693 g/mol. The van der Waals surface area contributed by atoms with E-state index in [0.717, 1.165) is 43.8 Å². The lowest BCUT2D eigenvalue weighted by atomic mass is 9.53. The fraction of sp³-hybridized carbons (Fsp3) is 0.422. The molecule has 7 aliphatic rings. The van der Waals surface area contributed by atoms with Gasteiger partial charge in [0.2, 0.25) is 0 Å². The Bertz CT molecular complexity index is 2170. The number of esters is 2. The van der Waals surface area contributed by atoms with Crippen LogP contribution in [-0.2, 0) is 28.4 Å². The van der Waals surface area contributed by atoms with Gasteiger partial charge in [-0.2, -0.15) is 0 Å². The molecule has 3 fully saturated rings. The number of aromatic hydroxyl groups is 1. The van der Waals surface area contributed by atoms with Gasteiger partial charge in [0.05, 0.1) is 11.1 Å². The second-order valence-corrected chi connectivity index (χ2v) is 16.5. The quantitative estimate of drug-likeness (QED) is 0.144. The number of pyridine rings is 2. The number of fused-ring (bicyclic) bond motifs is 1. The number of likely N-dealkylation sites (N-methyl/N-ethyl adjacent to an activating group) is 1. The Morgan fingerprint density at radius 3 is 2.53 bits per heavy atom. The summed E-state index contributed by atoms with van der Waals surface area (Å²) in [6.07, 6.45) is 18.9. The minimum Gasteiger partial charge on any atom is -0.508 e. The maximum atomic E-state index is 13.0. The Balaban J connectivity index is 0.000000172. The number of rotatable bonds is 4. The number of nitrogens with one attached hydrogen (secondary N) is 1. The van der Waals surface area contributed by atoms with Gasteiger partial charge in [-0.25, -0.2) is 9.59 Å². The van der Waals surface area contributed by atoms with Gasteiger partial charge in [0, 0.05) is 59.2 Å². The van der Waals surface area contributed by atoms with Gasteiger partial charge < -0.3 is 29.5 Å². The molecule has 4 aromatic rings. The third-order valence-corrected chi connectivity index (χ3v) is 14.0. The lowest BCUT2D eigenvalue weighted by Gasteiger charge is -2.56. The van der Waals surface area contributed by atoms with Gasteiger partial charge in [-0.1, -0.05) is 31.1 Å². The summed E-state index contributed by atoms with van der Waals surface area (Å²) in [4.78, 5) is 36.4. The van der Waals surface area contributed by atoms with Crippen LogP contribution in [0, 0.1) is 11.8 Å². The fourth-order valence-corrected chi connectivity index (χ4v) is 11.6. The Labute approximate surface area is 320 Å². The van der Waals surface area contributed by atoms with Crippen LogP contribution >= 0.6 is 0 Å². The summed E-state index contributed by atoms with van der Waals surface area (Å²) < 4.78 is 18.5. The Kier molecular flexibility index (Phi) is 8.33. The average Bonchev–Trinajstić information content (AvgIpc) is 3.57. The highest BCUT2D eigenvalue weighted by molar-refractivity contribution is 5.91. The van der Waals surface area contributed by atoms with E-state index in [2.05, 4.69) is 51.5 Å². The SMILES string of the molecule is CN1CC[C@]23c4c5ccc(OC(=O)c6cccnc6)c4O[C@H]2[C@@H](OC(=O)c2cccnc2)C=C[C@H]3[C@H]1C5.Oc1ccc2c(c1)[C@@]13CCCC[C@H]1[C@@H](C2)NCC3. The topological polar surface area (TPSA) is 123 Å². The molecule has 1 spiro atoms. The van der Waals surface area contributed by atoms with E-state index in [-0.39, 0.29) is 11.3 Å². The number of carbonyl (C=O) groups is 2. The highest BCUT2D eigenvalue weighted by Gasteiger charge is 2.65. The number of phenols is 1. The molecule has 4 aliphatic carbocycles. The van der Waals surface area contributed by atoms with Gasteiger partial charge in [0.15, 0.2) is 17.6 Å². The van der Waals surface area contributed by atoms with Crippen molar-refractivity contribution in [1.82, 2.24) is 20.2 Å². The summed E-state index contributed by atoms with van der Waals surface area (Å²) >= 11 is 0. The molecular formula is C45H46N4O6. The van der Waals surface area contributed by atoms with Crippen molar-refractivity contribution >= 4 is 11.9 Å². The standard InChI is InChI=1S/C29H25N3O5.C16H21NO/c1-32-13-10-29-20-7-9-23(36-28(34)19-5-3-12-31-16-19)26(29)37-25-22(8-6-17(24(25)29)14-21(20)32)35-27(33)18-4-2-11-30-15-18;18-12-5-4-11-9-15-13-3-1-2-6-16(13,7-8-17-15)14(11)10-12/h2-9,11-12,15-16,20-21,23,26H,10,13-14H2,1H3;4-5,10,13,15,17-18H,1-3,6-9H2/t20-,21+,23-,26-,29-;13-,15+,16+/m00/s1. The molecule has 2 saturated heterocycles. The minimum atomic E-state index is -0.590. The zero-order valence-electron chi connectivity index (χ0n) is 31.0. The highest BCUT2D eigenvalue weighted by atomic mass is 16.6. The largest absolute Gasteiger partial charge is 0.508 e. The first-order valence-electron chi connectivity index (χ1n) is 19.9. The molecule has 1 saturated carbocycles. The molecule has 4 bridgehead atoms. The molecule has 0 radical (unpaired) electrons. The summed E-state index contributed by atoms with van der Waals surface area (Å²) in [5.41, 5.74) is 6.00. The van der Waals surface area contributed by atoms with Crippen molar-refractivity contribution < 1.29 is 28.9 Å². The smallest absolute Gasteiger partial charge is 0.345 e. The van der Waals surface area contributed by atoms with Crippen molar-refractivity contribution in [2.75, 3.05) is 20.1 Å². The molecule has 5 heterocycles. The zero-order chi connectivity index (χ0) is 37.3. The predicted molar refractivity (Wildman–Crippen MR) is 204 cm³/mol. The Morgan fingerprint density at radius 2 is 1.73 bits per heavy atom. The lowest BCUT2D eigenvalue weighted by molar-refractivity contribution is -0.0555. The van der Waals surface area contributed by atoms with Gasteiger partial charge in [-0.15, -0.1) is 0 Å². The summed E-state index contributed by atoms with van der Waals surface area (Å²) in [6, 6.07) is 17.7. The van der Waals surface area contributed by atoms with E-state index in [0.29, 0.717) is 45.9 Å². The van der Waals surface area contributed by atoms with E-state index in [1.165, 1.54) is 61.2 Å². The number of ether oxygens (including phenoxy) is 3. The van der Waals surface area contributed by atoms with Crippen LogP contribution in [0.25, 0.3) is 0 Å². The van der Waals surface area contributed by atoms with Crippen LogP contribution in [0.2, 0.25) is 0 Å². The predicted octanol–water partition coefficient (Wildman–Crippen LogP) is 6.10. The van der Waals surface area contributed by atoms with E-state index >= 15 is 0 Å². The van der Waals surface area contributed by atoms with Gasteiger partial charge in [0.25, 0.3) is 0 Å². The monoisotopic (exact) mass is 738 g/mol. The first-order valence-corrected chi connectivity index (χ1v) is 19.9. The van der Waals surface area contributed by atoms with Gasteiger partial charge in [0.1, 0.15) is 11.9 Å². The van der Waals surface area contributed by atoms with Crippen molar-refractivity contribution in [3.63, 3.8) is 0 Å². The van der Waals surface area contributed by atoms with Crippen LogP contribution in [0.4, 0.5) is 0 Å². The maximum absolute atomic E-state index is 13.0. The van der Waals surface area contributed by atoms with Crippen LogP contribution in [0.15, 0.2) is 91.5 Å². The highest BCUT2D eigenvalue weighted by Crippen LogP contribution is 2.63. The molecule has 55 heavy (non-hydrogen) atoms. The summed E-state index contributed by atoms with van der Waals surface area (Å²) in [5.74, 6) is 1.47. The summed E-state index contributed by atoms with van der Waals surface area (Å²) in [5, 5.41) is 13.6. The van der Waals surface area contributed by atoms with Gasteiger partial charge in [-0.05, 0) is 130 Å². The van der Waals surface area contributed by atoms with Crippen LogP contribution in [0.5, 0.6) is 17.2 Å². The minimum absolute atomic E-state index is 0.197. The van der Waals surface area contributed by atoms with Crippen LogP contribution < -0.4 is 14.8 Å². The number of carbonyl (C=O) groups excluding carboxylic acids is 2. The molecule has 11 rings (SSSR count). The Morgan fingerprint density at radius 1 is 0.927 bits per heavy atom. The number of nitrogens with zero attached hydrogens (tertiary/aromatic N) is 3. The van der Waals surface area contributed by atoms with E-state index < -0.39 is 24.1 Å². The fourth-order valence-electron chi connectivity index (χ4n) is 11.6. The van der Waals surface area contributed by atoms with E-state index in [1.54, 1.807) is 36.7 Å². The van der Waals surface area contributed by atoms with Crippen LogP contribution in [0.1, 0.15) is 81.5 Å². The number of piperidine rings is 2. The first-order chi connectivity index (χ1) is 26.9. The number of aromatic nitrogens is 2. The maximum Gasteiger partial charge on any atom is 0.345 e. The molecule has 2 N–H and O–H groups in total. The number of benzene rings is 2. The molecule has 2 aromatic heterocycles. The van der Waals surface area contributed by atoms with Gasteiger partial charge in [-0.3, -0.25) is 9.97 Å². The second-order valence-electron chi connectivity index (χ2n) is 16.5. The molecule has 10 nitrogen and oxygen atoms in total. The van der Waals surface area contributed by atoms with Crippen molar-refractivity contribution in [1.29, 1.82) is 0 Å². The molecule has 3 aliphatic heterocycles. The number of likely N-dealkylation sites (tertiary alicyclic amines) is 1. The third kappa shape index (κ3) is 5.43. The zero-order valence-corrected chi connectivity index (χ0v) is 31.0. The van der Waals surface area contributed by atoms with Crippen molar-refractivity contribution in [3.8, 4) is 17.2 Å². The van der Waals surface area contributed by atoms with Crippen LogP contribution in [0.3, 0.4) is 0 Å².